The van der Waals surface area contributed by atoms with Gasteiger partial charge in [-0.2, -0.15) is 0 Å². The molecular weight excluding hydrogens is 362 g/mol. The summed E-state index contributed by atoms with van der Waals surface area (Å²) in [4.78, 5) is 31.4. The van der Waals surface area contributed by atoms with Gasteiger partial charge in [0.25, 0.3) is 0 Å². The van der Waals surface area contributed by atoms with E-state index in [1.165, 1.54) is 12.0 Å². The van der Waals surface area contributed by atoms with Crippen LogP contribution in [0.3, 0.4) is 0 Å². The zero-order valence-corrected chi connectivity index (χ0v) is 18.0. The Labute approximate surface area is 175 Å². The summed E-state index contributed by atoms with van der Waals surface area (Å²) in [5, 5.41) is 0. The highest BCUT2D eigenvalue weighted by molar-refractivity contribution is 5.77. The van der Waals surface area contributed by atoms with Crippen LogP contribution in [-0.2, 0) is 15.0 Å². The summed E-state index contributed by atoms with van der Waals surface area (Å²) in [6, 6.07) is 11.7. The van der Waals surface area contributed by atoms with Crippen LogP contribution in [0.4, 0.5) is 0 Å². The lowest BCUT2D eigenvalue weighted by atomic mass is 9.64. The van der Waals surface area contributed by atoms with Crippen LogP contribution in [0.1, 0.15) is 57.9 Å². The lowest BCUT2D eigenvalue weighted by Gasteiger charge is -2.49. The van der Waals surface area contributed by atoms with E-state index in [0.717, 1.165) is 58.4 Å². The Bertz CT molecular complexity index is 729. The largest absolute Gasteiger partial charge is 0.340 e. The van der Waals surface area contributed by atoms with Crippen LogP contribution in [0, 0.1) is 0 Å². The van der Waals surface area contributed by atoms with Gasteiger partial charge in [0.2, 0.25) is 11.8 Å². The normalized spacial score (nSPS) is 30.3. The molecule has 158 valence electrons. The summed E-state index contributed by atoms with van der Waals surface area (Å²) < 4.78 is 0. The van der Waals surface area contributed by atoms with Gasteiger partial charge in [-0.25, -0.2) is 0 Å². The van der Waals surface area contributed by atoms with Crippen LogP contribution in [0.25, 0.3) is 0 Å². The number of likely N-dealkylation sites (tertiary alicyclic amines) is 1. The van der Waals surface area contributed by atoms with Crippen molar-refractivity contribution >= 4 is 11.8 Å². The number of carbonyl (C=O) groups excluding carboxylic acids is 2. The Hall–Kier alpha value is -1.88. The molecule has 1 aromatic carbocycles. The Kier molecular flexibility index (Phi) is 5.95. The molecule has 1 aliphatic carbocycles. The number of nitrogens with zero attached hydrogens (tertiary/aromatic N) is 3. The van der Waals surface area contributed by atoms with Crippen LogP contribution >= 0.6 is 0 Å². The van der Waals surface area contributed by atoms with E-state index >= 15 is 0 Å². The van der Waals surface area contributed by atoms with Gasteiger partial charge in [-0.3, -0.25) is 14.5 Å². The third kappa shape index (κ3) is 3.81. The third-order valence-corrected chi connectivity index (χ3v) is 7.64. The molecule has 2 aliphatic heterocycles. The molecule has 1 saturated carbocycles. The summed E-state index contributed by atoms with van der Waals surface area (Å²) in [6.07, 6.45) is 6.04. The maximum absolute atomic E-state index is 12.9. The maximum Gasteiger partial charge on any atom is 0.222 e. The van der Waals surface area contributed by atoms with Gasteiger partial charge in [-0.05, 0) is 37.7 Å². The summed E-state index contributed by atoms with van der Waals surface area (Å²) in [5.74, 6) is 0.515. The molecule has 3 atom stereocenters. The first-order valence-electron chi connectivity index (χ1n) is 11.4. The average Bonchev–Trinajstić information content (AvgIpc) is 3.14. The predicted octanol–water partition coefficient (Wildman–Crippen LogP) is 3.04. The summed E-state index contributed by atoms with van der Waals surface area (Å²) in [5.41, 5.74) is 1.53. The highest BCUT2D eigenvalue weighted by atomic mass is 16.2. The zero-order chi connectivity index (χ0) is 20.4. The molecule has 4 rings (SSSR count). The summed E-state index contributed by atoms with van der Waals surface area (Å²) in [6.45, 7) is 8.23. The summed E-state index contributed by atoms with van der Waals surface area (Å²) >= 11 is 0. The molecule has 2 heterocycles. The van der Waals surface area contributed by atoms with Gasteiger partial charge in [0.15, 0.2) is 0 Å². The molecule has 5 nitrogen and oxygen atoms in total. The van der Waals surface area contributed by atoms with Gasteiger partial charge >= 0.3 is 0 Å². The van der Waals surface area contributed by atoms with E-state index in [4.69, 9.17) is 0 Å². The van der Waals surface area contributed by atoms with Crippen molar-refractivity contribution in [2.45, 2.75) is 69.9 Å². The minimum absolute atomic E-state index is 0.113. The minimum Gasteiger partial charge on any atom is -0.340 e. The summed E-state index contributed by atoms with van der Waals surface area (Å²) in [7, 11) is 0. The molecular formula is C24H35N3O2. The SMILES string of the molecule is CCCC(=O)N1CC[C@]2(c3ccccc3)CC[C@H](N3CCN(C(C)=O)CC3)C[C@H]12. The quantitative estimate of drug-likeness (QED) is 0.784. The van der Waals surface area contributed by atoms with Gasteiger partial charge in [0, 0.05) is 63.6 Å². The highest BCUT2D eigenvalue weighted by Crippen LogP contribution is 2.50. The second kappa shape index (κ2) is 8.47. The number of amides is 2. The lowest BCUT2D eigenvalue weighted by Crippen LogP contribution is -2.57. The number of carbonyl (C=O) groups is 2. The number of rotatable bonds is 4. The van der Waals surface area contributed by atoms with Gasteiger partial charge in [0.1, 0.15) is 0 Å². The number of hydrogen-bond acceptors (Lipinski definition) is 3. The van der Waals surface area contributed by atoms with Crippen molar-refractivity contribution in [2.24, 2.45) is 0 Å². The molecule has 0 spiro atoms. The van der Waals surface area contributed by atoms with Gasteiger partial charge in [-0.15, -0.1) is 0 Å². The number of hydrogen-bond donors (Lipinski definition) is 0. The molecule has 5 heteroatoms. The van der Waals surface area contributed by atoms with Gasteiger partial charge in [-0.1, -0.05) is 37.3 Å². The van der Waals surface area contributed by atoms with E-state index in [2.05, 4.69) is 47.1 Å². The first-order valence-corrected chi connectivity index (χ1v) is 11.4. The number of fused-ring (bicyclic) bond motifs is 1. The monoisotopic (exact) mass is 397 g/mol. The standard InChI is InChI=1S/C24H35N3O2/c1-3-7-23(29)27-13-12-24(20-8-5-4-6-9-20)11-10-21(18-22(24)27)26-16-14-25(15-17-26)19(2)28/h4-6,8-9,21-22H,3,7,10-18H2,1-2H3/t21-,22-,24-/m0/s1. The van der Waals surface area contributed by atoms with Crippen LogP contribution in [0.15, 0.2) is 30.3 Å². The Morgan fingerprint density at radius 1 is 1.03 bits per heavy atom. The average molecular weight is 398 g/mol. The lowest BCUT2D eigenvalue weighted by molar-refractivity contribution is -0.134. The van der Waals surface area contributed by atoms with Crippen molar-refractivity contribution in [3.05, 3.63) is 35.9 Å². The van der Waals surface area contributed by atoms with Crippen molar-refractivity contribution in [3.8, 4) is 0 Å². The smallest absolute Gasteiger partial charge is 0.222 e. The van der Waals surface area contributed by atoms with Crippen molar-refractivity contribution in [1.29, 1.82) is 0 Å². The second-order valence-corrected chi connectivity index (χ2v) is 9.10. The number of piperazine rings is 1. The topological polar surface area (TPSA) is 43.9 Å². The molecule has 3 fully saturated rings. The first-order chi connectivity index (χ1) is 14.0. The van der Waals surface area contributed by atoms with E-state index in [1.54, 1.807) is 6.92 Å². The molecule has 0 N–H and O–H groups in total. The molecule has 0 unspecified atom stereocenters. The predicted molar refractivity (Wildman–Crippen MR) is 115 cm³/mol. The molecule has 29 heavy (non-hydrogen) atoms. The van der Waals surface area contributed by atoms with Crippen LogP contribution in [0.2, 0.25) is 0 Å². The van der Waals surface area contributed by atoms with E-state index in [0.29, 0.717) is 24.4 Å². The Balaban J connectivity index is 1.54. The van der Waals surface area contributed by atoms with Crippen LogP contribution < -0.4 is 0 Å². The van der Waals surface area contributed by atoms with Crippen molar-refractivity contribution in [2.75, 3.05) is 32.7 Å². The van der Waals surface area contributed by atoms with Crippen molar-refractivity contribution in [1.82, 2.24) is 14.7 Å². The maximum atomic E-state index is 12.9. The fraction of sp³-hybridized carbons (Fsp3) is 0.667. The van der Waals surface area contributed by atoms with E-state index in [9.17, 15) is 9.59 Å². The molecule has 3 aliphatic rings. The zero-order valence-electron chi connectivity index (χ0n) is 18.0. The van der Waals surface area contributed by atoms with Crippen molar-refractivity contribution in [3.63, 3.8) is 0 Å². The van der Waals surface area contributed by atoms with Crippen molar-refractivity contribution < 1.29 is 9.59 Å². The van der Waals surface area contributed by atoms with E-state index in [1.807, 2.05) is 4.90 Å². The first kappa shape index (κ1) is 20.4. The molecule has 2 saturated heterocycles. The Morgan fingerprint density at radius 3 is 2.41 bits per heavy atom. The second-order valence-electron chi connectivity index (χ2n) is 9.10. The third-order valence-electron chi connectivity index (χ3n) is 7.64. The van der Waals surface area contributed by atoms with Crippen LogP contribution in [0.5, 0.6) is 0 Å². The molecule has 0 bridgehead atoms. The van der Waals surface area contributed by atoms with Gasteiger partial charge < -0.3 is 9.80 Å². The van der Waals surface area contributed by atoms with Gasteiger partial charge in [0.05, 0.1) is 0 Å². The van der Waals surface area contributed by atoms with E-state index in [-0.39, 0.29) is 11.3 Å². The molecule has 1 aromatic rings. The molecule has 0 aromatic heterocycles. The fourth-order valence-electron chi connectivity index (χ4n) is 6.03. The number of benzene rings is 1. The van der Waals surface area contributed by atoms with E-state index < -0.39 is 0 Å². The van der Waals surface area contributed by atoms with Crippen LogP contribution in [-0.4, -0.2) is 71.3 Å². The molecule has 2 amide bonds. The Morgan fingerprint density at radius 2 is 1.76 bits per heavy atom. The highest BCUT2D eigenvalue weighted by Gasteiger charge is 2.53. The fourth-order valence-corrected chi connectivity index (χ4v) is 6.03. The molecule has 0 radical (unpaired) electrons. The minimum atomic E-state index is 0.113.